The third-order valence-electron chi connectivity index (χ3n) is 9.63. The SMILES string of the molecule is COc1ccc(OC)c([C@H]2[C@H](C(=O)c3ccccc3)N3c4c(ccc5cccnc45)C=C[C@H]3C23C(=O)c2ccccc2C3=O)c1. The van der Waals surface area contributed by atoms with Crippen LogP contribution in [0.1, 0.15) is 48.1 Å². The van der Waals surface area contributed by atoms with Gasteiger partial charge in [0.25, 0.3) is 0 Å². The van der Waals surface area contributed by atoms with Gasteiger partial charge in [-0.15, -0.1) is 0 Å². The van der Waals surface area contributed by atoms with E-state index >= 15 is 14.4 Å². The number of nitrogens with zero attached hydrogens (tertiary/aromatic N) is 2. The Labute approximate surface area is 259 Å². The number of rotatable bonds is 5. The van der Waals surface area contributed by atoms with E-state index in [0.29, 0.717) is 39.3 Å². The zero-order chi connectivity index (χ0) is 30.9. The maximum Gasteiger partial charge on any atom is 0.185 e. The van der Waals surface area contributed by atoms with Crippen molar-refractivity contribution < 1.29 is 23.9 Å². The molecule has 3 aliphatic rings. The van der Waals surface area contributed by atoms with Crippen LogP contribution in [0.25, 0.3) is 17.0 Å². The summed E-state index contributed by atoms with van der Waals surface area (Å²) in [6.07, 6.45) is 5.59. The number of carbonyl (C=O) groups is 3. The lowest BCUT2D eigenvalue weighted by Gasteiger charge is -2.37. The molecule has 1 aliphatic carbocycles. The van der Waals surface area contributed by atoms with Crippen molar-refractivity contribution in [1.29, 1.82) is 0 Å². The van der Waals surface area contributed by atoms with Crippen LogP contribution in [0.4, 0.5) is 5.69 Å². The van der Waals surface area contributed by atoms with Gasteiger partial charge in [0.2, 0.25) is 0 Å². The molecule has 8 rings (SSSR count). The van der Waals surface area contributed by atoms with Gasteiger partial charge in [-0.25, -0.2) is 0 Å². The molecule has 0 unspecified atom stereocenters. The highest BCUT2D eigenvalue weighted by atomic mass is 16.5. The second kappa shape index (κ2) is 9.99. The van der Waals surface area contributed by atoms with Crippen molar-refractivity contribution in [2.45, 2.75) is 18.0 Å². The van der Waals surface area contributed by atoms with Crippen LogP contribution < -0.4 is 14.4 Å². The van der Waals surface area contributed by atoms with Gasteiger partial charge in [0.1, 0.15) is 23.0 Å². The number of fused-ring (bicyclic) bond motifs is 7. The van der Waals surface area contributed by atoms with Crippen molar-refractivity contribution in [3.8, 4) is 11.5 Å². The Bertz CT molecular complexity index is 2050. The molecule has 7 nitrogen and oxygen atoms in total. The highest BCUT2D eigenvalue weighted by Crippen LogP contribution is 2.62. The van der Waals surface area contributed by atoms with Crippen LogP contribution in [-0.4, -0.2) is 48.6 Å². The van der Waals surface area contributed by atoms with Crippen molar-refractivity contribution in [1.82, 2.24) is 4.98 Å². The summed E-state index contributed by atoms with van der Waals surface area (Å²) in [7, 11) is 3.11. The van der Waals surface area contributed by atoms with Gasteiger partial charge in [-0.2, -0.15) is 0 Å². The van der Waals surface area contributed by atoms with Crippen molar-refractivity contribution in [3.63, 3.8) is 0 Å². The van der Waals surface area contributed by atoms with Gasteiger partial charge in [0, 0.05) is 39.8 Å². The summed E-state index contributed by atoms with van der Waals surface area (Å²) in [4.78, 5) is 51.8. The van der Waals surface area contributed by atoms with Crippen LogP contribution >= 0.6 is 0 Å². The Balaban J connectivity index is 1.51. The van der Waals surface area contributed by atoms with Crippen LogP contribution in [-0.2, 0) is 0 Å². The number of pyridine rings is 1. The largest absolute Gasteiger partial charge is 0.497 e. The summed E-state index contributed by atoms with van der Waals surface area (Å²) in [6.45, 7) is 0. The minimum Gasteiger partial charge on any atom is -0.497 e. The van der Waals surface area contributed by atoms with E-state index in [9.17, 15) is 0 Å². The molecule has 7 heteroatoms. The molecule has 1 saturated heterocycles. The minimum absolute atomic E-state index is 0.210. The predicted molar refractivity (Wildman–Crippen MR) is 171 cm³/mol. The number of hydrogen-bond acceptors (Lipinski definition) is 7. The normalized spacial score (nSPS) is 20.7. The van der Waals surface area contributed by atoms with Gasteiger partial charge >= 0.3 is 0 Å². The predicted octanol–water partition coefficient (Wildman–Crippen LogP) is 6.57. The van der Waals surface area contributed by atoms with Gasteiger partial charge in [0.15, 0.2) is 17.3 Å². The quantitative estimate of drug-likeness (QED) is 0.169. The Morgan fingerprint density at radius 3 is 2.27 bits per heavy atom. The molecule has 5 aromatic rings. The number of methoxy groups -OCH3 is 2. The second-order valence-electron chi connectivity index (χ2n) is 11.6. The summed E-state index contributed by atoms with van der Waals surface area (Å²) in [5, 5.41) is 0.889. The number of ether oxygens (including phenoxy) is 2. The fourth-order valence-electron chi connectivity index (χ4n) is 7.78. The van der Waals surface area contributed by atoms with E-state index in [2.05, 4.69) is 0 Å². The molecule has 0 radical (unpaired) electrons. The highest BCUT2D eigenvalue weighted by Gasteiger charge is 2.72. The minimum atomic E-state index is -1.68. The third-order valence-corrected chi connectivity index (χ3v) is 9.63. The zero-order valence-corrected chi connectivity index (χ0v) is 24.6. The van der Waals surface area contributed by atoms with E-state index in [-0.39, 0.29) is 17.3 Å². The summed E-state index contributed by atoms with van der Waals surface area (Å²) in [5.74, 6) is -0.784. The molecular formula is C38H28N2O5. The molecule has 3 heterocycles. The smallest absolute Gasteiger partial charge is 0.185 e. The van der Waals surface area contributed by atoms with Crippen molar-refractivity contribution in [2.24, 2.45) is 5.41 Å². The monoisotopic (exact) mass is 592 g/mol. The fourth-order valence-corrected chi connectivity index (χ4v) is 7.78. The molecule has 4 aromatic carbocycles. The molecule has 0 amide bonds. The molecule has 3 atom stereocenters. The van der Waals surface area contributed by atoms with Crippen molar-refractivity contribution in [2.75, 3.05) is 19.1 Å². The standard InChI is InChI=1S/C38H28N2O5/c1-44-25-17-18-29(45-2)28(21-25)31-34(35(41)24-9-4-3-5-10-24)40-30(38(31)36(42)26-12-6-7-13-27(26)37(38)43)19-16-23-15-14-22-11-8-20-39-32(22)33(23)40/h3-21,30-31,34H,1-2H3/t30-,31-,34+/m0/s1. The van der Waals surface area contributed by atoms with E-state index in [4.69, 9.17) is 14.5 Å². The van der Waals surface area contributed by atoms with Crippen LogP contribution in [0, 0.1) is 5.41 Å². The van der Waals surface area contributed by atoms with Crippen LogP contribution in [0.3, 0.4) is 0 Å². The number of hydrogen-bond donors (Lipinski definition) is 0. The van der Waals surface area contributed by atoms with Crippen molar-refractivity contribution >= 4 is 40.0 Å². The molecule has 2 aliphatic heterocycles. The number of aromatic nitrogens is 1. The van der Waals surface area contributed by atoms with Crippen LogP contribution in [0.15, 0.2) is 109 Å². The first-order chi connectivity index (χ1) is 22.0. The van der Waals surface area contributed by atoms with E-state index in [1.54, 1.807) is 75.0 Å². The van der Waals surface area contributed by atoms with Crippen molar-refractivity contribution in [3.05, 3.63) is 137 Å². The fraction of sp³-hybridized carbons (Fsp3) is 0.158. The van der Waals surface area contributed by atoms with Gasteiger partial charge in [0.05, 0.1) is 31.5 Å². The summed E-state index contributed by atoms with van der Waals surface area (Å²) in [5.41, 5.74) is 2.34. The van der Waals surface area contributed by atoms with Gasteiger partial charge < -0.3 is 14.4 Å². The Kier molecular flexibility index (Phi) is 6.00. The first-order valence-electron chi connectivity index (χ1n) is 14.8. The van der Waals surface area contributed by atoms with Crippen LogP contribution in [0.5, 0.6) is 11.5 Å². The molecule has 220 valence electrons. The van der Waals surface area contributed by atoms with Gasteiger partial charge in [-0.05, 0) is 29.8 Å². The average Bonchev–Trinajstić information content (AvgIpc) is 3.53. The third kappa shape index (κ3) is 3.58. The molecule has 0 bridgehead atoms. The molecule has 1 fully saturated rings. The van der Waals surface area contributed by atoms with Gasteiger partial charge in [-0.1, -0.05) is 84.9 Å². The highest BCUT2D eigenvalue weighted by molar-refractivity contribution is 6.32. The lowest BCUT2D eigenvalue weighted by molar-refractivity contribution is 0.0664. The number of ketones is 3. The number of benzene rings is 4. The topological polar surface area (TPSA) is 85.8 Å². The lowest BCUT2D eigenvalue weighted by Crippen LogP contribution is -2.48. The first-order valence-corrected chi connectivity index (χ1v) is 14.8. The Morgan fingerprint density at radius 1 is 0.822 bits per heavy atom. The maximum atomic E-state index is 15.0. The molecule has 0 N–H and O–H groups in total. The van der Waals surface area contributed by atoms with Crippen LogP contribution in [0.2, 0.25) is 0 Å². The summed E-state index contributed by atoms with van der Waals surface area (Å²) < 4.78 is 11.5. The van der Waals surface area contributed by atoms with E-state index in [1.165, 1.54) is 0 Å². The number of anilines is 1. The molecule has 0 saturated carbocycles. The van der Waals surface area contributed by atoms with E-state index in [0.717, 1.165) is 16.6 Å². The van der Waals surface area contributed by atoms with Gasteiger partial charge in [-0.3, -0.25) is 19.4 Å². The molecule has 1 spiro atoms. The summed E-state index contributed by atoms with van der Waals surface area (Å²) in [6, 6.07) is 27.4. The molecule has 45 heavy (non-hydrogen) atoms. The molecule has 1 aromatic heterocycles. The Morgan fingerprint density at radius 2 is 1.56 bits per heavy atom. The Hall–Kier alpha value is -5.56. The first kappa shape index (κ1) is 27.0. The summed E-state index contributed by atoms with van der Waals surface area (Å²) >= 11 is 0. The maximum absolute atomic E-state index is 15.0. The number of carbonyl (C=O) groups excluding carboxylic acids is 3. The molecular weight excluding hydrogens is 564 g/mol. The van der Waals surface area contributed by atoms with E-state index < -0.39 is 23.4 Å². The lowest BCUT2D eigenvalue weighted by atomic mass is 9.64. The second-order valence-corrected chi connectivity index (χ2v) is 11.6. The average molecular weight is 593 g/mol. The van der Waals surface area contributed by atoms with E-state index in [1.807, 2.05) is 59.5 Å². The number of Topliss-reactive ketones (excluding diaryl/α,β-unsaturated/α-hetero) is 3. The zero-order valence-electron chi connectivity index (χ0n) is 24.6.